The zero-order chi connectivity index (χ0) is 15.6. The van der Waals surface area contributed by atoms with Crippen LogP contribution in [0.1, 0.15) is 31.1 Å². The number of halogens is 1. The SMILES string of the molecule is CCOC(=O)c1cc(N2CCSC(C)(C)C2)c(F)cc1N. The Bertz CT molecular complexity index is 549. The van der Waals surface area contributed by atoms with Crippen LogP contribution in [-0.2, 0) is 4.74 Å². The number of benzene rings is 1. The first-order valence-corrected chi connectivity index (χ1v) is 7.97. The van der Waals surface area contributed by atoms with Crippen LogP contribution in [0, 0.1) is 5.82 Å². The molecule has 1 aromatic rings. The Kier molecular flexibility index (Phi) is 4.66. The van der Waals surface area contributed by atoms with Crippen LogP contribution in [0.4, 0.5) is 15.8 Å². The summed E-state index contributed by atoms with van der Waals surface area (Å²) in [4.78, 5) is 13.9. The van der Waals surface area contributed by atoms with Gasteiger partial charge in [0.15, 0.2) is 0 Å². The van der Waals surface area contributed by atoms with E-state index in [9.17, 15) is 9.18 Å². The molecule has 0 atom stereocenters. The minimum Gasteiger partial charge on any atom is -0.462 e. The van der Waals surface area contributed by atoms with E-state index in [1.54, 1.807) is 6.92 Å². The van der Waals surface area contributed by atoms with Crippen molar-refractivity contribution in [2.75, 3.05) is 36.1 Å². The van der Waals surface area contributed by atoms with Crippen molar-refractivity contribution in [3.63, 3.8) is 0 Å². The van der Waals surface area contributed by atoms with Gasteiger partial charge in [-0.15, -0.1) is 0 Å². The maximum absolute atomic E-state index is 14.2. The summed E-state index contributed by atoms with van der Waals surface area (Å²) in [6.07, 6.45) is 0. The van der Waals surface area contributed by atoms with Crippen molar-refractivity contribution < 1.29 is 13.9 Å². The molecule has 1 saturated heterocycles. The fourth-order valence-corrected chi connectivity index (χ4v) is 3.54. The molecule has 0 aliphatic carbocycles. The van der Waals surface area contributed by atoms with Gasteiger partial charge in [-0.2, -0.15) is 11.8 Å². The molecule has 0 unspecified atom stereocenters. The zero-order valence-electron chi connectivity index (χ0n) is 12.6. The second-order valence-corrected chi connectivity index (χ2v) is 7.44. The third kappa shape index (κ3) is 3.61. The molecule has 4 nitrogen and oxygen atoms in total. The molecule has 0 bridgehead atoms. The van der Waals surface area contributed by atoms with Crippen molar-refractivity contribution in [1.82, 2.24) is 0 Å². The van der Waals surface area contributed by atoms with Crippen LogP contribution in [0.3, 0.4) is 0 Å². The lowest BCUT2D eigenvalue weighted by Gasteiger charge is -2.39. The summed E-state index contributed by atoms with van der Waals surface area (Å²) in [5.41, 5.74) is 6.50. The minimum absolute atomic E-state index is 0.0518. The van der Waals surface area contributed by atoms with Gasteiger partial charge in [0.25, 0.3) is 0 Å². The van der Waals surface area contributed by atoms with E-state index < -0.39 is 11.8 Å². The molecule has 0 saturated carbocycles. The molecule has 6 heteroatoms. The number of nitrogens with zero attached hydrogens (tertiary/aromatic N) is 1. The number of nitrogen functional groups attached to an aromatic ring is 1. The van der Waals surface area contributed by atoms with Crippen LogP contribution in [0.2, 0.25) is 0 Å². The average molecular weight is 312 g/mol. The van der Waals surface area contributed by atoms with Gasteiger partial charge < -0.3 is 15.4 Å². The number of nitrogens with two attached hydrogens (primary N) is 1. The van der Waals surface area contributed by atoms with Crippen molar-refractivity contribution in [2.24, 2.45) is 0 Å². The second-order valence-electron chi connectivity index (χ2n) is 5.64. The number of ether oxygens (including phenoxy) is 1. The van der Waals surface area contributed by atoms with Crippen molar-refractivity contribution in [3.8, 4) is 0 Å². The maximum Gasteiger partial charge on any atom is 0.340 e. The van der Waals surface area contributed by atoms with E-state index in [0.29, 0.717) is 5.69 Å². The Labute approximate surface area is 128 Å². The Hall–Kier alpha value is -1.43. The van der Waals surface area contributed by atoms with Crippen LogP contribution in [0.25, 0.3) is 0 Å². The predicted octanol–water partition coefficient (Wildman–Crippen LogP) is 2.92. The molecule has 2 rings (SSSR count). The predicted molar refractivity (Wildman–Crippen MR) is 85.5 cm³/mol. The summed E-state index contributed by atoms with van der Waals surface area (Å²) >= 11 is 1.87. The molecular weight excluding hydrogens is 291 g/mol. The van der Waals surface area contributed by atoms with E-state index in [0.717, 1.165) is 18.8 Å². The van der Waals surface area contributed by atoms with Crippen LogP contribution in [0.5, 0.6) is 0 Å². The number of hydrogen-bond donors (Lipinski definition) is 1. The third-order valence-corrected chi connectivity index (χ3v) is 4.68. The standard InChI is InChI=1S/C15H21FN2O2S/c1-4-20-14(19)10-7-13(11(16)8-12(10)17)18-5-6-21-15(2,3)9-18/h7-8H,4-6,9,17H2,1-3H3. The first-order valence-electron chi connectivity index (χ1n) is 6.99. The molecule has 0 radical (unpaired) electrons. The largest absolute Gasteiger partial charge is 0.462 e. The first-order chi connectivity index (χ1) is 9.84. The number of rotatable bonds is 3. The molecule has 1 heterocycles. The fraction of sp³-hybridized carbons (Fsp3) is 0.533. The van der Waals surface area contributed by atoms with Crippen molar-refractivity contribution in [2.45, 2.75) is 25.5 Å². The molecule has 2 N–H and O–H groups in total. The molecule has 0 amide bonds. The maximum atomic E-state index is 14.2. The van der Waals surface area contributed by atoms with E-state index >= 15 is 0 Å². The van der Waals surface area contributed by atoms with Crippen LogP contribution in [-0.4, -0.2) is 36.2 Å². The molecule has 1 aliphatic heterocycles. The molecule has 1 fully saturated rings. The lowest BCUT2D eigenvalue weighted by atomic mass is 10.1. The summed E-state index contributed by atoms with van der Waals surface area (Å²) < 4.78 is 19.3. The number of hydrogen-bond acceptors (Lipinski definition) is 5. The molecule has 1 aromatic carbocycles. The summed E-state index contributed by atoms with van der Waals surface area (Å²) in [6.45, 7) is 7.72. The fourth-order valence-electron chi connectivity index (χ4n) is 2.43. The number of anilines is 2. The van der Waals surface area contributed by atoms with E-state index in [-0.39, 0.29) is 22.6 Å². The smallest absolute Gasteiger partial charge is 0.340 e. The van der Waals surface area contributed by atoms with Gasteiger partial charge >= 0.3 is 5.97 Å². The van der Waals surface area contributed by atoms with Gasteiger partial charge in [-0.25, -0.2) is 9.18 Å². The van der Waals surface area contributed by atoms with Crippen molar-refractivity contribution in [3.05, 3.63) is 23.5 Å². The minimum atomic E-state index is -0.512. The summed E-state index contributed by atoms with van der Waals surface area (Å²) in [5, 5.41) is 0. The highest BCUT2D eigenvalue weighted by molar-refractivity contribution is 8.00. The van der Waals surface area contributed by atoms with Gasteiger partial charge in [0.2, 0.25) is 0 Å². The second kappa shape index (κ2) is 6.13. The highest BCUT2D eigenvalue weighted by Gasteiger charge is 2.29. The third-order valence-electron chi connectivity index (χ3n) is 3.38. The van der Waals surface area contributed by atoms with E-state index in [4.69, 9.17) is 10.5 Å². The van der Waals surface area contributed by atoms with Crippen molar-refractivity contribution in [1.29, 1.82) is 0 Å². The van der Waals surface area contributed by atoms with Gasteiger partial charge in [-0.1, -0.05) is 0 Å². The number of esters is 1. The highest BCUT2D eigenvalue weighted by Crippen LogP contribution is 2.34. The highest BCUT2D eigenvalue weighted by atomic mass is 32.2. The van der Waals surface area contributed by atoms with E-state index in [2.05, 4.69) is 13.8 Å². The Morgan fingerprint density at radius 3 is 2.86 bits per heavy atom. The van der Waals surface area contributed by atoms with Crippen LogP contribution in [0.15, 0.2) is 12.1 Å². The lowest BCUT2D eigenvalue weighted by molar-refractivity contribution is 0.0527. The number of carbonyl (C=O) groups is 1. The van der Waals surface area contributed by atoms with Gasteiger partial charge in [-0.05, 0) is 32.9 Å². The van der Waals surface area contributed by atoms with Gasteiger partial charge in [0, 0.05) is 29.3 Å². The van der Waals surface area contributed by atoms with E-state index in [1.807, 2.05) is 16.7 Å². The molecule has 0 aromatic heterocycles. The van der Waals surface area contributed by atoms with Gasteiger partial charge in [0.1, 0.15) is 5.82 Å². The summed E-state index contributed by atoms with van der Waals surface area (Å²) in [7, 11) is 0. The molecule has 21 heavy (non-hydrogen) atoms. The Balaban J connectivity index is 2.35. The topological polar surface area (TPSA) is 55.6 Å². The van der Waals surface area contributed by atoms with Crippen molar-refractivity contribution >= 4 is 29.1 Å². The van der Waals surface area contributed by atoms with E-state index in [1.165, 1.54) is 12.1 Å². The molecule has 1 aliphatic rings. The average Bonchev–Trinajstić information content (AvgIpc) is 2.37. The molecule has 0 spiro atoms. The Morgan fingerprint density at radius 2 is 2.24 bits per heavy atom. The Morgan fingerprint density at radius 1 is 1.52 bits per heavy atom. The van der Waals surface area contributed by atoms with Gasteiger partial charge in [0.05, 0.1) is 17.9 Å². The summed E-state index contributed by atoms with van der Waals surface area (Å²) in [5.74, 6) is 0.0103. The van der Waals surface area contributed by atoms with Gasteiger partial charge in [-0.3, -0.25) is 0 Å². The molecule has 116 valence electrons. The van der Waals surface area contributed by atoms with Crippen LogP contribution < -0.4 is 10.6 Å². The zero-order valence-corrected chi connectivity index (χ0v) is 13.4. The quantitative estimate of drug-likeness (QED) is 0.687. The number of carbonyl (C=O) groups excluding carboxylic acids is 1. The normalized spacial score (nSPS) is 17.6. The van der Waals surface area contributed by atoms with Crippen LogP contribution >= 0.6 is 11.8 Å². The first kappa shape index (κ1) is 15.9. The summed E-state index contributed by atoms with van der Waals surface area (Å²) in [6, 6.07) is 2.71. The number of thioether (sulfide) groups is 1. The monoisotopic (exact) mass is 312 g/mol. The molecular formula is C15H21FN2O2S. The lowest BCUT2D eigenvalue weighted by Crippen LogP contribution is -2.43.